The molecule has 2 rings (SSSR count). The third kappa shape index (κ3) is 3.54. The molecule has 7 heteroatoms. The minimum absolute atomic E-state index is 0.0335. The molecule has 0 aliphatic carbocycles. The molecule has 2 saturated heterocycles. The Morgan fingerprint density at radius 3 is 2.26 bits per heavy atom. The summed E-state index contributed by atoms with van der Waals surface area (Å²) in [6, 6.07) is 0. The maximum atomic E-state index is 11.9. The molecule has 0 unspecified atom stereocenters. The van der Waals surface area contributed by atoms with Gasteiger partial charge in [0.05, 0.1) is 5.75 Å². The molecule has 0 aromatic rings. The van der Waals surface area contributed by atoms with Gasteiger partial charge in [0, 0.05) is 25.9 Å². The van der Waals surface area contributed by atoms with E-state index in [2.05, 4.69) is 0 Å². The summed E-state index contributed by atoms with van der Waals surface area (Å²) in [4.78, 5) is 37.8. The first-order valence-corrected chi connectivity index (χ1v) is 7.79. The number of imide groups is 1. The largest absolute Gasteiger partial charge is 0.342 e. The van der Waals surface area contributed by atoms with E-state index in [0.717, 1.165) is 42.6 Å². The van der Waals surface area contributed by atoms with Crippen LogP contribution in [0.1, 0.15) is 32.1 Å². The summed E-state index contributed by atoms with van der Waals surface area (Å²) in [6.45, 7) is 1.60. The van der Waals surface area contributed by atoms with Crippen LogP contribution in [0.3, 0.4) is 0 Å². The number of carbonyl (C=O) groups excluding carboxylic acids is 3. The van der Waals surface area contributed by atoms with E-state index in [1.54, 1.807) is 0 Å². The number of hydrogen-bond donors (Lipinski definition) is 0. The van der Waals surface area contributed by atoms with Crippen LogP contribution in [0, 0.1) is 0 Å². The number of rotatable bonds is 2. The van der Waals surface area contributed by atoms with Gasteiger partial charge in [-0.3, -0.25) is 14.4 Å². The highest BCUT2D eigenvalue weighted by Gasteiger charge is 2.32. The molecule has 3 amide bonds. The van der Waals surface area contributed by atoms with Gasteiger partial charge in [0.25, 0.3) is 0 Å². The van der Waals surface area contributed by atoms with Crippen molar-refractivity contribution < 1.29 is 14.4 Å². The lowest BCUT2D eigenvalue weighted by atomic mass is 10.1. The van der Waals surface area contributed by atoms with Gasteiger partial charge in [0.15, 0.2) is 0 Å². The summed E-state index contributed by atoms with van der Waals surface area (Å²) >= 11 is 6.17. The SMILES string of the molecule is O=C(CSC(=S)N1C(=O)CCC1=O)N1CCCCC1. The van der Waals surface area contributed by atoms with Crippen molar-refractivity contribution in [1.29, 1.82) is 0 Å². The molecule has 2 aliphatic heterocycles. The Morgan fingerprint density at radius 2 is 1.68 bits per heavy atom. The van der Waals surface area contributed by atoms with E-state index in [1.807, 2.05) is 4.90 Å². The molecular weight excluding hydrogens is 284 g/mol. The number of piperidine rings is 1. The van der Waals surface area contributed by atoms with Gasteiger partial charge >= 0.3 is 0 Å². The molecule has 19 heavy (non-hydrogen) atoms. The van der Waals surface area contributed by atoms with Gasteiger partial charge in [0.1, 0.15) is 4.32 Å². The first-order valence-electron chi connectivity index (χ1n) is 6.40. The fraction of sp³-hybridized carbons (Fsp3) is 0.667. The number of likely N-dealkylation sites (tertiary alicyclic amines) is 2. The van der Waals surface area contributed by atoms with Gasteiger partial charge < -0.3 is 4.90 Å². The molecule has 0 radical (unpaired) electrons. The van der Waals surface area contributed by atoms with Crippen LogP contribution in [0.15, 0.2) is 0 Å². The summed E-state index contributed by atoms with van der Waals surface area (Å²) in [7, 11) is 0. The predicted molar refractivity (Wildman–Crippen MR) is 76.6 cm³/mol. The summed E-state index contributed by atoms with van der Waals surface area (Å²) in [6.07, 6.45) is 3.71. The smallest absolute Gasteiger partial charge is 0.235 e. The minimum Gasteiger partial charge on any atom is -0.342 e. The van der Waals surface area contributed by atoms with E-state index < -0.39 is 0 Å². The van der Waals surface area contributed by atoms with E-state index in [4.69, 9.17) is 12.2 Å². The van der Waals surface area contributed by atoms with Gasteiger partial charge in [-0.2, -0.15) is 0 Å². The van der Waals surface area contributed by atoms with Crippen molar-refractivity contribution >= 4 is 46.0 Å². The monoisotopic (exact) mass is 300 g/mol. The van der Waals surface area contributed by atoms with Crippen LogP contribution >= 0.6 is 24.0 Å². The molecule has 2 aliphatic rings. The second kappa shape index (κ2) is 6.47. The zero-order valence-corrected chi connectivity index (χ0v) is 12.2. The van der Waals surface area contributed by atoms with Crippen LogP contribution in [0.5, 0.6) is 0 Å². The number of nitrogens with zero attached hydrogens (tertiary/aromatic N) is 2. The molecule has 2 heterocycles. The summed E-state index contributed by atoms with van der Waals surface area (Å²) in [5.74, 6) is -0.275. The molecule has 0 spiro atoms. The quantitative estimate of drug-likeness (QED) is 0.566. The zero-order valence-electron chi connectivity index (χ0n) is 10.6. The Hall–Kier alpha value is -0.950. The Labute approximate surface area is 121 Å². The first kappa shape index (κ1) is 14.5. The van der Waals surface area contributed by atoms with Gasteiger partial charge in [-0.05, 0) is 19.3 Å². The standard InChI is InChI=1S/C12H16N2O3S2/c15-9-4-5-10(16)14(9)12(18)19-8-11(17)13-6-2-1-3-7-13/h1-8H2. The molecule has 0 aromatic heterocycles. The maximum Gasteiger partial charge on any atom is 0.235 e. The highest BCUT2D eigenvalue weighted by molar-refractivity contribution is 8.23. The Bertz CT molecular complexity index is 403. The fourth-order valence-corrected chi connectivity index (χ4v) is 3.35. The maximum absolute atomic E-state index is 11.9. The summed E-state index contributed by atoms with van der Waals surface area (Å²) in [5, 5.41) is 0. The normalized spacial score (nSPS) is 20.0. The van der Waals surface area contributed by atoms with Gasteiger partial charge in [0.2, 0.25) is 17.7 Å². The summed E-state index contributed by atoms with van der Waals surface area (Å²) in [5.41, 5.74) is 0. The molecule has 104 valence electrons. The lowest BCUT2D eigenvalue weighted by molar-refractivity contribution is -0.133. The molecule has 5 nitrogen and oxygen atoms in total. The topological polar surface area (TPSA) is 57.7 Å². The van der Waals surface area contributed by atoms with Crippen LogP contribution in [0.2, 0.25) is 0 Å². The summed E-state index contributed by atoms with van der Waals surface area (Å²) < 4.78 is 0.206. The molecule has 0 bridgehead atoms. The van der Waals surface area contributed by atoms with Crippen molar-refractivity contribution in [1.82, 2.24) is 9.80 Å². The van der Waals surface area contributed by atoms with Crippen LogP contribution < -0.4 is 0 Å². The molecule has 0 saturated carbocycles. The van der Waals surface area contributed by atoms with Crippen molar-refractivity contribution in [2.24, 2.45) is 0 Å². The van der Waals surface area contributed by atoms with Crippen LogP contribution in [-0.2, 0) is 14.4 Å². The van der Waals surface area contributed by atoms with Gasteiger partial charge in [-0.15, -0.1) is 0 Å². The second-order valence-electron chi connectivity index (χ2n) is 4.62. The fourth-order valence-electron chi connectivity index (χ4n) is 2.20. The Kier molecular flexibility index (Phi) is 4.93. The average Bonchev–Trinajstić information content (AvgIpc) is 2.76. The highest BCUT2D eigenvalue weighted by atomic mass is 32.2. The molecule has 2 fully saturated rings. The third-order valence-electron chi connectivity index (χ3n) is 3.26. The van der Waals surface area contributed by atoms with Crippen molar-refractivity contribution in [2.75, 3.05) is 18.8 Å². The lowest BCUT2D eigenvalue weighted by Crippen LogP contribution is -2.38. The molecular formula is C12H16N2O3S2. The predicted octanol–water partition coefficient (Wildman–Crippen LogP) is 1.17. The van der Waals surface area contributed by atoms with Crippen LogP contribution in [-0.4, -0.2) is 50.7 Å². The van der Waals surface area contributed by atoms with E-state index in [0.29, 0.717) is 0 Å². The number of thiocarbonyl (C=S) groups is 1. The highest BCUT2D eigenvalue weighted by Crippen LogP contribution is 2.19. The average molecular weight is 300 g/mol. The number of thioether (sulfide) groups is 1. The second-order valence-corrected chi connectivity index (χ2v) is 6.23. The molecule has 0 atom stereocenters. The number of amides is 3. The molecule has 0 N–H and O–H groups in total. The van der Waals surface area contributed by atoms with Crippen LogP contribution in [0.4, 0.5) is 0 Å². The zero-order chi connectivity index (χ0) is 13.8. The van der Waals surface area contributed by atoms with Gasteiger partial charge in [-0.25, -0.2) is 4.90 Å². The van der Waals surface area contributed by atoms with E-state index >= 15 is 0 Å². The van der Waals surface area contributed by atoms with Crippen molar-refractivity contribution in [3.8, 4) is 0 Å². The van der Waals surface area contributed by atoms with Crippen molar-refractivity contribution in [2.45, 2.75) is 32.1 Å². The third-order valence-corrected chi connectivity index (χ3v) is 4.62. The van der Waals surface area contributed by atoms with E-state index in [1.165, 1.54) is 6.42 Å². The van der Waals surface area contributed by atoms with Crippen LogP contribution in [0.25, 0.3) is 0 Å². The minimum atomic E-state index is -0.257. The van der Waals surface area contributed by atoms with Crippen molar-refractivity contribution in [3.63, 3.8) is 0 Å². The van der Waals surface area contributed by atoms with Crippen molar-refractivity contribution in [3.05, 3.63) is 0 Å². The number of hydrogen-bond acceptors (Lipinski definition) is 5. The van der Waals surface area contributed by atoms with E-state index in [-0.39, 0.29) is 40.6 Å². The first-order chi connectivity index (χ1) is 9.09. The Balaban J connectivity index is 1.81. The van der Waals surface area contributed by atoms with Gasteiger partial charge in [-0.1, -0.05) is 24.0 Å². The lowest BCUT2D eigenvalue weighted by Gasteiger charge is -2.26. The van der Waals surface area contributed by atoms with E-state index in [9.17, 15) is 14.4 Å². The Morgan fingerprint density at radius 1 is 1.11 bits per heavy atom. The number of carbonyl (C=O) groups is 3. The molecule has 0 aromatic carbocycles.